The van der Waals surface area contributed by atoms with Crippen molar-refractivity contribution < 1.29 is 17.0 Å². The molecule has 0 unspecified atom stereocenters. The van der Waals surface area contributed by atoms with E-state index in [4.69, 9.17) is 0 Å². The topological polar surface area (TPSA) is 29.1 Å². The van der Waals surface area contributed by atoms with Crippen molar-refractivity contribution in [2.45, 2.75) is 27.7 Å². The second-order valence-electron chi connectivity index (χ2n) is 6.16. The third-order valence-corrected chi connectivity index (χ3v) is 4.66. The summed E-state index contributed by atoms with van der Waals surface area (Å²) >= 11 is 0. The molecule has 1 heterocycles. The number of aromatic nitrogens is 2. The molecule has 2 rings (SSSR count). The Morgan fingerprint density at radius 3 is 2.32 bits per heavy atom. The van der Waals surface area contributed by atoms with Crippen LogP contribution >= 0.6 is 0 Å². The van der Waals surface area contributed by atoms with Crippen LogP contribution in [0, 0.1) is 13.8 Å². The summed E-state index contributed by atoms with van der Waals surface area (Å²) in [5, 5.41) is 0. The van der Waals surface area contributed by atoms with E-state index in [9.17, 15) is 4.79 Å². The highest BCUT2D eigenvalue weighted by Gasteiger charge is 2.11. The molecule has 0 fully saturated rings. The number of rotatable bonds is 5. The summed E-state index contributed by atoms with van der Waals surface area (Å²) in [4.78, 5) is 14.5. The Bertz CT molecular complexity index is 820. The Hall–Kier alpha value is -2.07. The fraction of sp³-hybridized carbons (Fsp3) is 0.400. The van der Waals surface area contributed by atoms with Crippen LogP contribution in [-0.4, -0.2) is 17.7 Å². The lowest BCUT2D eigenvalue weighted by molar-refractivity contribution is -0.692. The zero-order valence-electron chi connectivity index (χ0n) is 16.0. The van der Waals surface area contributed by atoms with Crippen LogP contribution in [-0.2, 0) is 14.1 Å². The van der Waals surface area contributed by atoms with E-state index in [2.05, 4.69) is 49.9 Å². The van der Waals surface area contributed by atoms with Crippen molar-refractivity contribution in [1.29, 1.82) is 0 Å². The Kier molecular flexibility index (Phi) is 7.43. The summed E-state index contributed by atoms with van der Waals surface area (Å²) < 4.78 is 3.32. The summed E-state index contributed by atoms with van der Waals surface area (Å²) in [5.41, 5.74) is 5.50. The minimum absolute atomic E-state index is 0. The Morgan fingerprint density at radius 2 is 1.76 bits per heavy atom. The predicted octanol–water partition coefficient (Wildman–Crippen LogP) is -0.153. The number of nitrogens with zero attached hydrogens (tertiary/aromatic N) is 3. The molecule has 0 amide bonds. The number of hydrogen-bond acceptors (Lipinski definition) is 2. The van der Waals surface area contributed by atoms with Crippen LogP contribution in [0.25, 0.3) is 12.2 Å². The molecule has 0 aliphatic heterocycles. The van der Waals surface area contributed by atoms with Gasteiger partial charge in [-0.3, -0.25) is 0 Å². The molecular formula is C20H28ClN3O. The number of benzene rings is 1. The summed E-state index contributed by atoms with van der Waals surface area (Å²) in [7, 11) is 3.60. The van der Waals surface area contributed by atoms with Crippen LogP contribution < -0.4 is 27.6 Å². The lowest BCUT2D eigenvalue weighted by Gasteiger charge is -2.21. The van der Waals surface area contributed by atoms with E-state index in [1.165, 1.54) is 16.8 Å². The first kappa shape index (κ1) is 21.0. The van der Waals surface area contributed by atoms with Gasteiger partial charge in [0.1, 0.15) is 11.4 Å². The van der Waals surface area contributed by atoms with E-state index in [1.54, 1.807) is 23.2 Å². The number of hydrogen-bond donors (Lipinski definition) is 0. The van der Waals surface area contributed by atoms with Gasteiger partial charge in [0.05, 0.1) is 14.1 Å². The first-order chi connectivity index (χ1) is 11.4. The minimum Gasteiger partial charge on any atom is -1.00 e. The van der Waals surface area contributed by atoms with Gasteiger partial charge in [0.15, 0.2) is 0 Å². The van der Waals surface area contributed by atoms with E-state index in [0.717, 1.165) is 24.5 Å². The van der Waals surface area contributed by atoms with Gasteiger partial charge in [0, 0.05) is 24.8 Å². The molecule has 1 aromatic carbocycles. The average Bonchev–Trinajstić information content (AvgIpc) is 2.57. The predicted molar refractivity (Wildman–Crippen MR) is 101 cm³/mol. The summed E-state index contributed by atoms with van der Waals surface area (Å²) in [6, 6.07) is 8.56. The monoisotopic (exact) mass is 361 g/mol. The van der Waals surface area contributed by atoms with Crippen LogP contribution in [0.2, 0.25) is 0 Å². The van der Waals surface area contributed by atoms with Crippen molar-refractivity contribution in [1.82, 2.24) is 4.57 Å². The molecule has 0 bridgehead atoms. The highest BCUT2D eigenvalue weighted by molar-refractivity contribution is 5.70. The summed E-state index contributed by atoms with van der Waals surface area (Å²) in [6.07, 6.45) is 4.09. The SMILES string of the molecule is CCN(CC)c1ccc(C=Cc2cc(C)n(C)c(=O)[n+]2C)c(C)c1.[Cl-]. The fourth-order valence-electron chi connectivity index (χ4n) is 2.86. The van der Waals surface area contributed by atoms with Crippen LogP contribution in [0.4, 0.5) is 5.69 Å². The molecule has 1 aromatic heterocycles. The molecule has 5 heteroatoms. The molecule has 0 N–H and O–H groups in total. The lowest BCUT2D eigenvalue weighted by Crippen LogP contribution is -3.00. The number of anilines is 1. The molecule has 4 nitrogen and oxygen atoms in total. The molecule has 0 aliphatic carbocycles. The van der Waals surface area contributed by atoms with Gasteiger partial charge in [-0.15, -0.1) is 0 Å². The molecule has 0 aliphatic rings. The standard InChI is InChI=1S/C20H28N3O.ClH/c1-7-23(8-2)19-12-10-17(15(3)13-19)9-11-18-14-16(4)21(5)20(24)22(18)6;/h9-14H,7-8H2,1-6H3;1H/q+1;/p-1. The second-order valence-corrected chi connectivity index (χ2v) is 6.16. The van der Waals surface area contributed by atoms with Gasteiger partial charge in [-0.05, 0) is 57.0 Å². The van der Waals surface area contributed by atoms with Gasteiger partial charge < -0.3 is 17.3 Å². The first-order valence-corrected chi connectivity index (χ1v) is 8.49. The maximum absolute atomic E-state index is 12.2. The Labute approximate surface area is 156 Å². The molecule has 0 spiro atoms. The van der Waals surface area contributed by atoms with Crippen LogP contribution in [0.5, 0.6) is 0 Å². The highest BCUT2D eigenvalue weighted by atomic mass is 35.5. The third-order valence-electron chi connectivity index (χ3n) is 4.66. The first-order valence-electron chi connectivity index (χ1n) is 8.49. The smallest absolute Gasteiger partial charge is 0.498 e. The highest BCUT2D eigenvalue weighted by Crippen LogP contribution is 2.20. The van der Waals surface area contributed by atoms with Crippen molar-refractivity contribution in [3.63, 3.8) is 0 Å². The largest absolute Gasteiger partial charge is 1.00 e. The zero-order chi connectivity index (χ0) is 17.9. The number of aryl methyl sites for hydroxylation is 2. The molecule has 0 saturated heterocycles. The lowest BCUT2D eigenvalue weighted by atomic mass is 10.1. The van der Waals surface area contributed by atoms with E-state index >= 15 is 0 Å². The van der Waals surface area contributed by atoms with Crippen LogP contribution in [0.15, 0.2) is 29.1 Å². The Balaban J connectivity index is 0.00000312. The number of halogens is 1. The zero-order valence-corrected chi connectivity index (χ0v) is 16.8. The van der Waals surface area contributed by atoms with Crippen molar-refractivity contribution in [3.05, 3.63) is 57.3 Å². The molecule has 0 saturated carbocycles. The normalized spacial score (nSPS) is 10.8. The Morgan fingerprint density at radius 1 is 1.12 bits per heavy atom. The molecule has 136 valence electrons. The van der Waals surface area contributed by atoms with Crippen molar-refractivity contribution in [2.75, 3.05) is 18.0 Å². The van der Waals surface area contributed by atoms with E-state index in [0.29, 0.717) is 0 Å². The van der Waals surface area contributed by atoms with Gasteiger partial charge >= 0.3 is 5.69 Å². The third kappa shape index (κ3) is 4.51. The van der Waals surface area contributed by atoms with Gasteiger partial charge in [-0.2, -0.15) is 13.9 Å². The van der Waals surface area contributed by atoms with E-state index in [1.807, 2.05) is 19.1 Å². The molecule has 25 heavy (non-hydrogen) atoms. The fourth-order valence-corrected chi connectivity index (χ4v) is 2.86. The summed E-state index contributed by atoms with van der Waals surface area (Å²) in [5.74, 6) is 0. The van der Waals surface area contributed by atoms with Crippen molar-refractivity contribution >= 4 is 17.8 Å². The quantitative estimate of drug-likeness (QED) is 0.693. The molecule has 2 aromatic rings. The second kappa shape index (κ2) is 8.86. The maximum atomic E-state index is 12.2. The molecular weight excluding hydrogens is 334 g/mol. The molecule has 0 radical (unpaired) electrons. The van der Waals surface area contributed by atoms with Gasteiger partial charge in [-0.1, -0.05) is 12.1 Å². The van der Waals surface area contributed by atoms with Crippen molar-refractivity contribution in [3.8, 4) is 0 Å². The van der Waals surface area contributed by atoms with Crippen LogP contribution in [0.3, 0.4) is 0 Å². The van der Waals surface area contributed by atoms with E-state index in [-0.39, 0.29) is 18.1 Å². The van der Waals surface area contributed by atoms with Gasteiger partial charge in [-0.25, -0.2) is 0 Å². The minimum atomic E-state index is -0.0109. The average molecular weight is 362 g/mol. The summed E-state index contributed by atoms with van der Waals surface area (Å²) in [6.45, 7) is 10.4. The van der Waals surface area contributed by atoms with Crippen molar-refractivity contribution in [2.24, 2.45) is 14.1 Å². The van der Waals surface area contributed by atoms with Gasteiger partial charge in [0.2, 0.25) is 0 Å². The van der Waals surface area contributed by atoms with E-state index < -0.39 is 0 Å². The van der Waals surface area contributed by atoms with Gasteiger partial charge in [0.25, 0.3) is 0 Å². The maximum Gasteiger partial charge on any atom is 0.498 e. The van der Waals surface area contributed by atoms with Crippen LogP contribution in [0.1, 0.15) is 36.4 Å². The molecule has 0 atom stereocenters.